The maximum atomic E-state index is 10.7. The molecule has 8 nitrogen and oxygen atoms in total. The fourth-order valence-corrected chi connectivity index (χ4v) is 1.37. The Morgan fingerprint density at radius 1 is 1.25 bits per heavy atom. The monoisotopic (exact) mass is 237 g/mol. The minimum absolute atomic E-state index is 0.0386. The van der Waals surface area contributed by atoms with E-state index in [9.17, 15) is 20.1 Å². The van der Waals surface area contributed by atoms with Crippen LogP contribution in [-0.4, -0.2) is 70.3 Å². The maximum Gasteiger partial charge on any atom is 0.335 e. The molecule has 6 N–H and O–H groups in total. The summed E-state index contributed by atoms with van der Waals surface area (Å²) in [7, 11) is 0. The van der Waals surface area contributed by atoms with Gasteiger partial charge in [-0.15, -0.1) is 0 Å². The number of rotatable bonds is 4. The number of aliphatic carboxylic acids is 1. The van der Waals surface area contributed by atoms with Crippen LogP contribution >= 0.6 is 0 Å². The molecule has 94 valence electrons. The van der Waals surface area contributed by atoms with Crippen LogP contribution in [0.4, 0.5) is 0 Å². The zero-order valence-electron chi connectivity index (χ0n) is 8.39. The van der Waals surface area contributed by atoms with Crippen molar-refractivity contribution in [3.63, 3.8) is 0 Å². The van der Waals surface area contributed by atoms with E-state index in [-0.39, 0.29) is 13.2 Å². The molecule has 1 saturated heterocycles. The second-order valence-electron chi connectivity index (χ2n) is 3.39. The van der Waals surface area contributed by atoms with E-state index >= 15 is 0 Å². The largest absolute Gasteiger partial charge is 0.479 e. The summed E-state index contributed by atoms with van der Waals surface area (Å²) in [6.07, 6.45) is -7.82. The van der Waals surface area contributed by atoms with Crippen LogP contribution in [0, 0.1) is 0 Å². The number of ether oxygens (including phenoxy) is 2. The molecule has 0 aliphatic carbocycles. The molecule has 1 aliphatic rings. The second kappa shape index (κ2) is 5.53. The van der Waals surface area contributed by atoms with Gasteiger partial charge in [0.15, 0.2) is 12.4 Å². The number of aliphatic hydroxyl groups is 3. The molecular formula is C8H15NO7. The normalized spacial score (nSPS) is 39.6. The van der Waals surface area contributed by atoms with Gasteiger partial charge in [0.2, 0.25) is 0 Å². The van der Waals surface area contributed by atoms with Crippen molar-refractivity contribution >= 4 is 5.97 Å². The van der Waals surface area contributed by atoms with Crippen molar-refractivity contribution in [1.29, 1.82) is 0 Å². The van der Waals surface area contributed by atoms with Gasteiger partial charge in [-0.25, -0.2) is 4.79 Å². The van der Waals surface area contributed by atoms with Gasteiger partial charge in [-0.05, 0) is 0 Å². The number of nitrogens with two attached hydrogens (primary N) is 1. The van der Waals surface area contributed by atoms with Crippen LogP contribution in [0.1, 0.15) is 0 Å². The number of carboxylic acid groups (broad SMARTS) is 1. The predicted molar refractivity (Wildman–Crippen MR) is 49.3 cm³/mol. The van der Waals surface area contributed by atoms with Crippen LogP contribution in [0.5, 0.6) is 0 Å². The topological polar surface area (TPSA) is 142 Å². The first kappa shape index (κ1) is 13.3. The van der Waals surface area contributed by atoms with E-state index in [1.54, 1.807) is 0 Å². The van der Waals surface area contributed by atoms with Gasteiger partial charge in [0.25, 0.3) is 0 Å². The van der Waals surface area contributed by atoms with E-state index < -0.39 is 36.7 Å². The van der Waals surface area contributed by atoms with Crippen LogP contribution in [0.25, 0.3) is 0 Å². The van der Waals surface area contributed by atoms with Crippen molar-refractivity contribution in [3.8, 4) is 0 Å². The molecule has 0 spiro atoms. The quantitative estimate of drug-likeness (QED) is 0.345. The van der Waals surface area contributed by atoms with Gasteiger partial charge in [0.1, 0.15) is 18.3 Å². The van der Waals surface area contributed by atoms with Gasteiger partial charge in [-0.3, -0.25) is 0 Å². The van der Waals surface area contributed by atoms with Gasteiger partial charge >= 0.3 is 5.97 Å². The molecule has 8 heteroatoms. The van der Waals surface area contributed by atoms with Crippen molar-refractivity contribution < 1.29 is 34.7 Å². The number of carbonyl (C=O) groups is 1. The average Bonchev–Trinajstić information content (AvgIpc) is 2.24. The summed E-state index contributed by atoms with van der Waals surface area (Å²) in [4.78, 5) is 10.7. The Labute approximate surface area is 91.2 Å². The fourth-order valence-electron chi connectivity index (χ4n) is 1.37. The smallest absolute Gasteiger partial charge is 0.335 e. The van der Waals surface area contributed by atoms with Crippen LogP contribution in [-0.2, 0) is 14.3 Å². The molecule has 1 rings (SSSR count). The Balaban J connectivity index is 2.69. The van der Waals surface area contributed by atoms with Gasteiger partial charge in [-0.2, -0.15) is 0 Å². The Morgan fingerprint density at radius 2 is 1.88 bits per heavy atom. The molecule has 0 aromatic heterocycles. The van der Waals surface area contributed by atoms with Gasteiger partial charge < -0.3 is 35.6 Å². The van der Waals surface area contributed by atoms with Crippen molar-refractivity contribution in [2.24, 2.45) is 5.73 Å². The SMILES string of the molecule is NCCO[C@@H]1O[C@H](C(=O)O)[C@@H](O)[C@H](O)[C@H]1O. The Morgan fingerprint density at radius 3 is 2.38 bits per heavy atom. The zero-order valence-corrected chi connectivity index (χ0v) is 8.39. The van der Waals surface area contributed by atoms with Crippen LogP contribution in [0.2, 0.25) is 0 Å². The molecule has 0 amide bonds. The molecule has 0 bridgehead atoms. The van der Waals surface area contributed by atoms with Gasteiger partial charge in [-0.1, -0.05) is 0 Å². The third-order valence-electron chi connectivity index (χ3n) is 2.21. The summed E-state index contributed by atoms with van der Waals surface area (Å²) >= 11 is 0. The van der Waals surface area contributed by atoms with Crippen LogP contribution in [0.3, 0.4) is 0 Å². The molecule has 1 heterocycles. The van der Waals surface area contributed by atoms with E-state index in [2.05, 4.69) is 0 Å². The van der Waals surface area contributed by atoms with Crippen molar-refractivity contribution in [2.45, 2.75) is 30.7 Å². The lowest BCUT2D eigenvalue weighted by Crippen LogP contribution is -2.60. The summed E-state index contributed by atoms with van der Waals surface area (Å²) < 4.78 is 9.72. The highest BCUT2D eigenvalue weighted by Gasteiger charge is 2.47. The first-order valence-corrected chi connectivity index (χ1v) is 4.73. The number of hydrogen-bond acceptors (Lipinski definition) is 7. The highest BCUT2D eigenvalue weighted by atomic mass is 16.7. The van der Waals surface area contributed by atoms with Gasteiger partial charge in [0, 0.05) is 6.54 Å². The minimum atomic E-state index is -1.70. The number of hydrogen-bond donors (Lipinski definition) is 5. The zero-order chi connectivity index (χ0) is 12.3. The fraction of sp³-hybridized carbons (Fsp3) is 0.875. The summed E-state index contributed by atoms with van der Waals surface area (Å²) in [6, 6.07) is 0. The van der Waals surface area contributed by atoms with Crippen LogP contribution in [0.15, 0.2) is 0 Å². The molecular weight excluding hydrogens is 222 g/mol. The van der Waals surface area contributed by atoms with E-state index in [4.69, 9.17) is 20.3 Å². The molecule has 0 aromatic rings. The Bertz CT molecular complexity index is 249. The van der Waals surface area contributed by atoms with Crippen molar-refractivity contribution in [1.82, 2.24) is 0 Å². The first-order chi connectivity index (χ1) is 7.49. The maximum absolute atomic E-state index is 10.7. The highest BCUT2D eigenvalue weighted by Crippen LogP contribution is 2.22. The third kappa shape index (κ3) is 2.67. The summed E-state index contributed by atoms with van der Waals surface area (Å²) in [5.74, 6) is -1.44. The van der Waals surface area contributed by atoms with Crippen molar-refractivity contribution in [2.75, 3.05) is 13.2 Å². The molecule has 0 unspecified atom stereocenters. The molecule has 0 aromatic carbocycles. The van der Waals surface area contributed by atoms with Crippen molar-refractivity contribution in [3.05, 3.63) is 0 Å². The van der Waals surface area contributed by atoms with E-state index in [0.717, 1.165) is 0 Å². The predicted octanol–water partition coefficient (Wildman–Crippen LogP) is -3.15. The highest BCUT2D eigenvalue weighted by molar-refractivity contribution is 5.73. The number of aliphatic hydroxyl groups excluding tert-OH is 3. The average molecular weight is 237 g/mol. The van der Waals surface area contributed by atoms with E-state index in [1.807, 2.05) is 0 Å². The lowest BCUT2D eigenvalue weighted by atomic mass is 9.99. The molecule has 1 fully saturated rings. The standard InChI is InChI=1S/C8H15NO7/c9-1-2-15-8-5(12)3(10)4(11)6(16-8)7(13)14/h3-6,8,10-12H,1-2,9H2,(H,13,14)/t3-,4-,5+,6-,8+/m0/s1. The van der Waals surface area contributed by atoms with Crippen LogP contribution < -0.4 is 5.73 Å². The van der Waals surface area contributed by atoms with E-state index in [1.165, 1.54) is 0 Å². The molecule has 0 saturated carbocycles. The Kier molecular flexibility index (Phi) is 4.59. The molecule has 0 radical (unpaired) electrons. The Hall–Kier alpha value is -0.770. The van der Waals surface area contributed by atoms with Gasteiger partial charge in [0.05, 0.1) is 6.61 Å². The molecule has 16 heavy (non-hydrogen) atoms. The third-order valence-corrected chi connectivity index (χ3v) is 2.21. The lowest BCUT2D eigenvalue weighted by Gasteiger charge is -2.38. The molecule has 1 aliphatic heterocycles. The summed E-state index contributed by atoms with van der Waals surface area (Å²) in [6.45, 7) is 0.194. The number of carboxylic acids is 1. The molecule has 5 atom stereocenters. The summed E-state index contributed by atoms with van der Waals surface area (Å²) in [5.41, 5.74) is 5.16. The first-order valence-electron chi connectivity index (χ1n) is 4.73. The van der Waals surface area contributed by atoms with E-state index in [0.29, 0.717) is 0 Å². The second-order valence-corrected chi connectivity index (χ2v) is 3.39. The minimum Gasteiger partial charge on any atom is -0.479 e. The lowest BCUT2D eigenvalue weighted by molar-refractivity contribution is -0.293. The summed E-state index contributed by atoms with van der Waals surface area (Å²) in [5, 5.41) is 36.8.